The summed E-state index contributed by atoms with van der Waals surface area (Å²) >= 11 is 0. The van der Waals surface area contributed by atoms with Crippen LogP contribution in [-0.2, 0) is 16.3 Å². The number of sulfone groups is 1. The lowest BCUT2D eigenvalue weighted by Gasteiger charge is -2.28. The Kier molecular flexibility index (Phi) is 5.79. The first-order chi connectivity index (χ1) is 15.4. The zero-order valence-electron chi connectivity index (χ0n) is 18.2. The molecule has 0 radical (unpaired) electrons. The number of nitrogens with one attached hydrogen (secondary N) is 1. The van der Waals surface area contributed by atoms with Gasteiger partial charge in [0.2, 0.25) is 0 Å². The molecule has 3 aromatic rings. The summed E-state index contributed by atoms with van der Waals surface area (Å²) in [6, 6.07) is 12.8. The van der Waals surface area contributed by atoms with Gasteiger partial charge in [0.15, 0.2) is 9.84 Å². The predicted octanol–water partition coefficient (Wildman–Crippen LogP) is 3.60. The van der Waals surface area contributed by atoms with Crippen molar-refractivity contribution in [2.24, 2.45) is 0 Å². The number of benzene rings is 1. The zero-order chi connectivity index (χ0) is 22.3. The van der Waals surface area contributed by atoms with Gasteiger partial charge in [-0.2, -0.15) is 0 Å². The number of aromatic nitrogens is 2. The minimum absolute atomic E-state index is 0.232. The van der Waals surface area contributed by atoms with E-state index in [1.54, 1.807) is 0 Å². The van der Waals surface area contributed by atoms with Crippen molar-refractivity contribution < 1.29 is 8.42 Å². The third kappa shape index (κ3) is 4.32. The van der Waals surface area contributed by atoms with Crippen LogP contribution in [0, 0.1) is 0 Å². The van der Waals surface area contributed by atoms with Crippen molar-refractivity contribution in [3.63, 3.8) is 0 Å². The molecule has 5 nitrogen and oxygen atoms in total. The summed E-state index contributed by atoms with van der Waals surface area (Å²) in [4.78, 5) is 10.1. The third-order valence-corrected chi connectivity index (χ3v) is 8.65. The van der Waals surface area contributed by atoms with Gasteiger partial charge in [-0.05, 0) is 53.4 Å². The highest BCUT2D eigenvalue weighted by molar-refractivity contribution is 7.91. The Hall–Kier alpha value is -2.27. The average Bonchev–Trinajstić information content (AvgIpc) is 3.39. The SMILES string of the molecule is CS(=O)(=O)C1CC2C=C(Cc3c[nH]c(-c4ccc(P)cc4)c3-c3ccncc3)CCN2C1. The van der Waals surface area contributed by atoms with Gasteiger partial charge in [0, 0.05) is 49.5 Å². The van der Waals surface area contributed by atoms with Crippen LogP contribution in [0.25, 0.3) is 22.4 Å². The fourth-order valence-electron chi connectivity index (χ4n) is 4.99. The molecular weight excluding hydrogens is 437 g/mol. The molecule has 0 saturated carbocycles. The number of fused-ring (bicyclic) bond motifs is 1. The van der Waals surface area contributed by atoms with Gasteiger partial charge in [-0.1, -0.05) is 35.9 Å². The van der Waals surface area contributed by atoms with Crippen LogP contribution in [0.4, 0.5) is 0 Å². The Morgan fingerprint density at radius 2 is 1.88 bits per heavy atom. The molecule has 0 bridgehead atoms. The fraction of sp³-hybridized carbons (Fsp3) is 0.320. The Balaban J connectivity index is 1.47. The molecule has 0 amide bonds. The highest BCUT2D eigenvalue weighted by Gasteiger charge is 2.37. The number of hydrogen-bond acceptors (Lipinski definition) is 4. The second-order valence-corrected chi connectivity index (χ2v) is 11.9. The molecular formula is C25H28N3O2PS. The van der Waals surface area contributed by atoms with Crippen LogP contribution >= 0.6 is 9.24 Å². The molecule has 1 fully saturated rings. The van der Waals surface area contributed by atoms with Gasteiger partial charge in [0.25, 0.3) is 0 Å². The lowest BCUT2D eigenvalue weighted by Crippen LogP contribution is -2.33. The molecule has 3 atom stereocenters. The molecule has 4 heterocycles. The van der Waals surface area contributed by atoms with Gasteiger partial charge >= 0.3 is 0 Å². The predicted molar refractivity (Wildman–Crippen MR) is 134 cm³/mol. The number of hydrogen-bond donors (Lipinski definition) is 1. The molecule has 2 aromatic heterocycles. The lowest BCUT2D eigenvalue weighted by molar-refractivity contribution is 0.278. The van der Waals surface area contributed by atoms with Crippen molar-refractivity contribution in [3.8, 4) is 22.4 Å². The first-order valence-corrected chi connectivity index (χ1v) is 13.5. The van der Waals surface area contributed by atoms with Crippen molar-refractivity contribution >= 4 is 24.4 Å². The second-order valence-electron chi connectivity index (χ2n) is 8.92. The number of nitrogens with zero attached hydrogens (tertiary/aromatic N) is 2. The molecule has 3 unspecified atom stereocenters. The average molecular weight is 466 g/mol. The van der Waals surface area contributed by atoms with Gasteiger partial charge in [-0.25, -0.2) is 8.42 Å². The number of rotatable bonds is 5. The highest BCUT2D eigenvalue weighted by Crippen LogP contribution is 2.37. The van der Waals surface area contributed by atoms with Crippen molar-refractivity contribution in [1.82, 2.24) is 14.9 Å². The molecule has 1 N–H and O–H groups in total. The van der Waals surface area contributed by atoms with E-state index in [2.05, 4.69) is 72.8 Å². The van der Waals surface area contributed by atoms with Gasteiger partial charge in [-0.15, -0.1) is 9.24 Å². The van der Waals surface area contributed by atoms with Crippen LogP contribution in [-0.4, -0.2) is 53.9 Å². The van der Waals surface area contributed by atoms with E-state index in [-0.39, 0.29) is 11.3 Å². The second kappa shape index (κ2) is 8.58. The molecule has 1 aromatic carbocycles. The normalized spacial score (nSPS) is 21.4. The Morgan fingerprint density at radius 1 is 1.12 bits per heavy atom. The van der Waals surface area contributed by atoms with Crippen molar-refractivity contribution in [1.29, 1.82) is 0 Å². The van der Waals surface area contributed by atoms with Crippen LogP contribution in [0.15, 0.2) is 66.6 Å². The maximum Gasteiger partial charge on any atom is 0.151 e. The molecule has 32 heavy (non-hydrogen) atoms. The van der Waals surface area contributed by atoms with Crippen molar-refractivity contribution in [3.05, 3.63) is 72.2 Å². The minimum atomic E-state index is -2.99. The summed E-state index contributed by atoms with van der Waals surface area (Å²) < 4.78 is 24.1. The van der Waals surface area contributed by atoms with E-state index in [4.69, 9.17) is 0 Å². The summed E-state index contributed by atoms with van der Waals surface area (Å²) in [5, 5.41) is 0.918. The summed E-state index contributed by atoms with van der Waals surface area (Å²) in [6.07, 6.45) is 12.0. The minimum Gasteiger partial charge on any atom is -0.360 e. The Labute approximate surface area is 192 Å². The number of H-pyrrole nitrogens is 1. The van der Waals surface area contributed by atoms with Crippen molar-refractivity contribution in [2.45, 2.75) is 30.6 Å². The molecule has 7 heteroatoms. The summed E-state index contributed by atoms with van der Waals surface area (Å²) in [5.41, 5.74) is 7.29. The summed E-state index contributed by atoms with van der Waals surface area (Å²) in [6.45, 7) is 1.59. The van der Waals surface area contributed by atoms with Crippen LogP contribution in [0.1, 0.15) is 18.4 Å². The summed E-state index contributed by atoms with van der Waals surface area (Å²) in [5.74, 6) is 0. The maximum atomic E-state index is 12.1. The van der Waals surface area contributed by atoms with E-state index in [1.165, 1.54) is 23.0 Å². The monoisotopic (exact) mass is 465 g/mol. The summed E-state index contributed by atoms with van der Waals surface area (Å²) in [7, 11) is -0.260. The molecule has 2 aliphatic heterocycles. The van der Waals surface area contributed by atoms with E-state index < -0.39 is 9.84 Å². The smallest absolute Gasteiger partial charge is 0.151 e. The van der Waals surface area contributed by atoms with Gasteiger partial charge in [0.05, 0.1) is 10.9 Å². The van der Waals surface area contributed by atoms with Crippen molar-refractivity contribution in [2.75, 3.05) is 19.3 Å². The number of pyridine rings is 1. The standard InChI is InChI=1S/C25H28N3O2PS/c1-32(29,30)23-14-21-13-17(8-11-28(21)16-23)12-20-15-27-25(19-2-4-22(31)5-3-19)24(20)18-6-9-26-10-7-18/h2-7,9-10,13,15,21,23,27H,8,11-12,14,16,31H2,1H3. The largest absolute Gasteiger partial charge is 0.360 e. The fourth-order valence-corrected chi connectivity index (χ4v) is 6.20. The zero-order valence-corrected chi connectivity index (χ0v) is 20.1. The van der Waals surface area contributed by atoms with E-state index in [9.17, 15) is 8.42 Å². The van der Waals surface area contributed by atoms with E-state index in [0.29, 0.717) is 13.0 Å². The Morgan fingerprint density at radius 3 is 2.59 bits per heavy atom. The third-order valence-electron chi connectivity index (χ3n) is 6.71. The first-order valence-electron chi connectivity index (χ1n) is 11.0. The van der Waals surface area contributed by atoms with Crippen LogP contribution in [0.5, 0.6) is 0 Å². The van der Waals surface area contributed by atoms with E-state index in [0.717, 1.165) is 41.5 Å². The van der Waals surface area contributed by atoms with E-state index in [1.807, 2.05) is 12.4 Å². The molecule has 0 spiro atoms. The van der Waals surface area contributed by atoms with Gasteiger partial charge in [0.1, 0.15) is 0 Å². The molecule has 0 aliphatic carbocycles. The van der Waals surface area contributed by atoms with Crippen LogP contribution in [0.2, 0.25) is 0 Å². The molecule has 2 aliphatic rings. The number of aromatic amines is 1. The maximum absolute atomic E-state index is 12.1. The quantitative estimate of drug-likeness (QED) is 0.462. The van der Waals surface area contributed by atoms with Crippen LogP contribution in [0.3, 0.4) is 0 Å². The van der Waals surface area contributed by atoms with Gasteiger partial charge in [-0.3, -0.25) is 9.88 Å². The molecule has 166 valence electrons. The first kappa shape index (κ1) is 21.6. The Bertz CT molecular complexity index is 1250. The molecule has 1 saturated heterocycles. The highest BCUT2D eigenvalue weighted by atomic mass is 32.2. The molecule has 5 rings (SSSR count). The topological polar surface area (TPSA) is 66.1 Å². The lowest BCUT2D eigenvalue weighted by atomic mass is 9.92. The van der Waals surface area contributed by atoms with Gasteiger partial charge < -0.3 is 4.98 Å². The van der Waals surface area contributed by atoms with Crippen LogP contribution < -0.4 is 5.30 Å². The van der Waals surface area contributed by atoms with E-state index >= 15 is 0 Å².